The molecule has 0 radical (unpaired) electrons. The van der Waals surface area contributed by atoms with Crippen molar-refractivity contribution in [3.63, 3.8) is 0 Å². The number of carbonyl (C=O) groups excluding carboxylic acids is 1. The fraction of sp³-hybridized carbons (Fsp3) is 0.571. The minimum absolute atomic E-state index is 0.327. The van der Waals surface area contributed by atoms with Gasteiger partial charge in [-0.1, -0.05) is 6.07 Å². The third-order valence-electron chi connectivity index (χ3n) is 4.15. The molecule has 5 heteroatoms. The van der Waals surface area contributed by atoms with Crippen molar-refractivity contribution in [1.29, 1.82) is 0 Å². The number of fused-ring (bicyclic) bond motifs is 1. The Morgan fingerprint density at radius 1 is 1.42 bits per heavy atom. The minimum Gasteiger partial charge on any atom is -0.337 e. The van der Waals surface area contributed by atoms with Crippen LogP contribution in [0, 0.1) is 0 Å². The molecule has 0 saturated carbocycles. The molecule has 3 heterocycles. The molecule has 2 fully saturated rings. The van der Waals surface area contributed by atoms with Gasteiger partial charge in [0.2, 0.25) is 5.91 Å². The SMILES string of the molecule is NCc1ncccc1CN1CCN2C(=O)CCC2C1. The highest BCUT2D eigenvalue weighted by Gasteiger charge is 2.35. The first-order chi connectivity index (χ1) is 9.28. The Labute approximate surface area is 113 Å². The van der Waals surface area contributed by atoms with Gasteiger partial charge in [0.25, 0.3) is 0 Å². The standard InChI is InChI=1S/C14H20N4O/c15-8-13-11(2-1-5-16-13)9-17-6-7-18-12(10-17)3-4-14(18)19/h1-2,5,12H,3-4,6-10,15H2. The molecule has 2 aliphatic rings. The molecule has 1 atom stereocenters. The number of hydrogen-bond donors (Lipinski definition) is 1. The summed E-state index contributed by atoms with van der Waals surface area (Å²) in [6, 6.07) is 4.48. The van der Waals surface area contributed by atoms with Crippen molar-refractivity contribution in [2.24, 2.45) is 5.73 Å². The van der Waals surface area contributed by atoms with E-state index >= 15 is 0 Å². The number of amides is 1. The molecule has 0 spiro atoms. The summed E-state index contributed by atoms with van der Waals surface area (Å²) in [6.45, 7) is 4.16. The molecule has 5 nitrogen and oxygen atoms in total. The highest BCUT2D eigenvalue weighted by atomic mass is 16.2. The first-order valence-corrected chi connectivity index (χ1v) is 6.92. The van der Waals surface area contributed by atoms with Gasteiger partial charge in [0.15, 0.2) is 0 Å². The molecule has 1 amide bonds. The van der Waals surface area contributed by atoms with Crippen LogP contribution in [0.1, 0.15) is 24.1 Å². The van der Waals surface area contributed by atoms with E-state index < -0.39 is 0 Å². The first-order valence-electron chi connectivity index (χ1n) is 6.92. The number of pyridine rings is 1. The molecule has 2 N–H and O–H groups in total. The average Bonchev–Trinajstić information content (AvgIpc) is 2.81. The van der Waals surface area contributed by atoms with Crippen LogP contribution in [0.4, 0.5) is 0 Å². The van der Waals surface area contributed by atoms with Crippen molar-refractivity contribution in [2.75, 3.05) is 19.6 Å². The molecule has 2 aliphatic heterocycles. The van der Waals surface area contributed by atoms with Gasteiger partial charge in [0.05, 0.1) is 5.69 Å². The molecule has 1 unspecified atom stereocenters. The van der Waals surface area contributed by atoms with Crippen LogP contribution in [0.5, 0.6) is 0 Å². The van der Waals surface area contributed by atoms with Gasteiger partial charge in [-0.05, 0) is 18.1 Å². The van der Waals surface area contributed by atoms with E-state index in [1.807, 2.05) is 11.0 Å². The fourth-order valence-corrected chi connectivity index (χ4v) is 3.11. The van der Waals surface area contributed by atoms with Gasteiger partial charge < -0.3 is 10.6 Å². The summed E-state index contributed by atoms with van der Waals surface area (Å²) in [4.78, 5) is 20.4. The smallest absolute Gasteiger partial charge is 0.222 e. The summed E-state index contributed by atoms with van der Waals surface area (Å²) in [5.41, 5.74) is 7.92. The molecule has 1 aromatic rings. The van der Waals surface area contributed by atoms with E-state index in [4.69, 9.17) is 5.73 Å². The van der Waals surface area contributed by atoms with Gasteiger partial charge in [-0.15, -0.1) is 0 Å². The number of piperazine rings is 1. The molecular weight excluding hydrogens is 240 g/mol. The third kappa shape index (κ3) is 2.48. The van der Waals surface area contributed by atoms with Gasteiger partial charge >= 0.3 is 0 Å². The largest absolute Gasteiger partial charge is 0.337 e. The van der Waals surface area contributed by atoms with Gasteiger partial charge in [0.1, 0.15) is 0 Å². The van der Waals surface area contributed by atoms with Crippen molar-refractivity contribution in [2.45, 2.75) is 32.0 Å². The van der Waals surface area contributed by atoms with Crippen molar-refractivity contribution >= 4 is 5.91 Å². The number of nitrogens with two attached hydrogens (primary N) is 1. The van der Waals surface area contributed by atoms with Crippen LogP contribution in [-0.2, 0) is 17.9 Å². The van der Waals surface area contributed by atoms with Gasteiger partial charge in [0, 0.05) is 51.4 Å². The second kappa shape index (κ2) is 5.27. The van der Waals surface area contributed by atoms with E-state index in [0.717, 1.165) is 44.7 Å². The quantitative estimate of drug-likeness (QED) is 0.851. The van der Waals surface area contributed by atoms with Crippen LogP contribution in [-0.4, -0.2) is 46.4 Å². The number of hydrogen-bond acceptors (Lipinski definition) is 4. The van der Waals surface area contributed by atoms with Crippen molar-refractivity contribution in [3.05, 3.63) is 29.6 Å². The topological polar surface area (TPSA) is 62.5 Å². The van der Waals surface area contributed by atoms with Gasteiger partial charge in [-0.25, -0.2) is 0 Å². The Morgan fingerprint density at radius 3 is 3.16 bits per heavy atom. The summed E-state index contributed by atoms with van der Waals surface area (Å²) in [6.07, 6.45) is 3.52. The molecule has 0 aromatic carbocycles. The van der Waals surface area contributed by atoms with Gasteiger partial charge in [-0.2, -0.15) is 0 Å². The predicted molar refractivity (Wildman–Crippen MR) is 72.1 cm³/mol. The Balaban J connectivity index is 1.67. The maximum atomic E-state index is 11.7. The lowest BCUT2D eigenvalue weighted by Crippen LogP contribution is -2.51. The number of rotatable bonds is 3. The average molecular weight is 260 g/mol. The lowest BCUT2D eigenvalue weighted by molar-refractivity contribution is -0.130. The Kier molecular flexibility index (Phi) is 3.48. The summed E-state index contributed by atoms with van der Waals surface area (Å²) in [5.74, 6) is 0.327. The van der Waals surface area contributed by atoms with E-state index in [2.05, 4.69) is 16.0 Å². The number of aromatic nitrogens is 1. The normalized spacial score (nSPS) is 23.7. The molecule has 1 aromatic heterocycles. The second-order valence-corrected chi connectivity index (χ2v) is 5.33. The maximum absolute atomic E-state index is 11.7. The molecule has 2 saturated heterocycles. The zero-order chi connectivity index (χ0) is 13.2. The van der Waals surface area contributed by atoms with E-state index in [1.54, 1.807) is 6.20 Å². The highest BCUT2D eigenvalue weighted by molar-refractivity contribution is 5.78. The Bertz CT molecular complexity index is 476. The Morgan fingerprint density at radius 2 is 2.32 bits per heavy atom. The van der Waals surface area contributed by atoms with Crippen molar-refractivity contribution in [3.8, 4) is 0 Å². The fourth-order valence-electron chi connectivity index (χ4n) is 3.11. The molecule has 19 heavy (non-hydrogen) atoms. The summed E-state index contributed by atoms with van der Waals surface area (Å²) in [7, 11) is 0. The van der Waals surface area contributed by atoms with Crippen LogP contribution < -0.4 is 5.73 Å². The van der Waals surface area contributed by atoms with Crippen LogP contribution in [0.25, 0.3) is 0 Å². The van der Waals surface area contributed by atoms with Crippen LogP contribution in [0.15, 0.2) is 18.3 Å². The minimum atomic E-state index is 0.327. The molecular formula is C14H20N4O. The molecule has 3 rings (SSSR count). The monoisotopic (exact) mass is 260 g/mol. The zero-order valence-corrected chi connectivity index (χ0v) is 11.1. The predicted octanol–water partition coefficient (Wildman–Crippen LogP) is 0.347. The molecule has 102 valence electrons. The van der Waals surface area contributed by atoms with E-state index in [1.165, 1.54) is 5.56 Å². The van der Waals surface area contributed by atoms with E-state index in [9.17, 15) is 4.79 Å². The van der Waals surface area contributed by atoms with Crippen molar-refractivity contribution in [1.82, 2.24) is 14.8 Å². The number of nitrogens with zero attached hydrogens (tertiary/aromatic N) is 3. The molecule has 0 bridgehead atoms. The summed E-state index contributed by atoms with van der Waals surface area (Å²) >= 11 is 0. The van der Waals surface area contributed by atoms with Crippen LogP contribution in [0.2, 0.25) is 0 Å². The lowest BCUT2D eigenvalue weighted by Gasteiger charge is -2.37. The first kappa shape index (κ1) is 12.6. The third-order valence-corrected chi connectivity index (χ3v) is 4.15. The summed E-state index contributed by atoms with van der Waals surface area (Å²) in [5, 5.41) is 0. The Hall–Kier alpha value is -1.46. The second-order valence-electron chi connectivity index (χ2n) is 5.33. The maximum Gasteiger partial charge on any atom is 0.222 e. The zero-order valence-electron chi connectivity index (χ0n) is 11.1. The van der Waals surface area contributed by atoms with Crippen molar-refractivity contribution < 1.29 is 4.79 Å². The molecule has 0 aliphatic carbocycles. The summed E-state index contributed by atoms with van der Waals surface area (Å²) < 4.78 is 0. The highest BCUT2D eigenvalue weighted by Crippen LogP contribution is 2.23. The van der Waals surface area contributed by atoms with E-state index in [0.29, 0.717) is 18.5 Å². The number of carbonyl (C=O) groups is 1. The van der Waals surface area contributed by atoms with Crippen LogP contribution in [0.3, 0.4) is 0 Å². The van der Waals surface area contributed by atoms with E-state index in [-0.39, 0.29) is 0 Å². The van der Waals surface area contributed by atoms with Gasteiger partial charge in [-0.3, -0.25) is 14.7 Å². The lowest BCUT2D eigenvalue weighted by atomic mass is 10.1. The van der Waals surface area contributed by atoms with Crippen LogP contribution >= 0.6 is 0 Å².